The Balaban J connectivity index is 3.82. The lowest BCUT2D eigenvalue weighted by Gasteiger charge is -2.20. The second-order valence-electron chi connectivity index (χ2n) is 3.49. The van der Waals surface area contributed by atoms with Gasteiger partial charge in [0.1, 0.15) is 5.60 Å². The molecular formula is C8H14NO3. The van der Waals surface area contributed by atoms with E-state index in [1.165, 1.54) is 6.92 Å². The molecule has 0 aromatic rings. The Labute approximate surface area is 72.3 Å². The van der Waals surface area contributed by atoms with Crippen LogP contribution in [0.3, 0.4) is 0 Å². The summed E-state index contributed by atoms with van der Waals surface area (Å²) in [6, 6.07) is -0.625. The van der Waals surface area contributed by atoms with Crippen LogP contribution in [0.2, 0.25) is 0 Å². The highest BCUT2D eigenvalue weighted by atomic mass is 16.6. The predicted molar refractivity (Wildman–Crippen MR) is 44.5 cm³/mol. The van der Waals surface area contributed by atoms with Crippen LogP contribution < -0.4 is 5.32 Å². The third kappa shape index (κ3) is 5.70. The molecule has 0 aromatic heterocycles. The molecule has 0 fully saturated rings. The SMILES string of the molecule is C[C@@H]([C]=O)NC(=O)OC(C)(C)C. The van der Waals surface area contributed by atoms with Crippen molar-refractivity contribution in [2.24, 2.45) is 0 Å². The molecule has 1 radical (unpaired) electrons. The van der Waals surface area contributed by atoms with E-state index in [-0.39, 0.29) is 0 Å². The number of nitrogens with one attached hydrogen (secondary N) is 1. The average molecular weight is 172 g/mol. The zero-order chi connectivity index (χ0) is 9.78. The minimum Gasteiger partial charge on any atom is -0.444 e. The maximum Gasteiger partial charge on any atom is 0.408 e. The van der Waals surface area contributed by atoms with Crippen molar-refractivity contribution in [3.05, 3.63) is 0 Å². The number of rotatable bonds is 2. The normalized spacial score (nSPS) is 13.3. The number of ether oxygens (including phenoxy) is 1. The quantitative estimate of drug-likeness (QED) is 0.676. The van der Waals surface area contributed by atoms with Crippen LogP contribution in [0.15, 0.2) is 0 Å². The first-order valence-corrected chi connectivity index (χ1v) is 3.72. The highest BCUT2D eigenvalue weighted by Gasteiger charge is 2.17. The highest BCUT2D eigenvalue weighted by Crippen LogP contribution is 2.06. The Morgan fingerprint density at radius 2 is 2.00 bits per heavy atom. The molecule has 0 saturated carbocycles. The van der Waals surface area contributed by atoms with Gasteiger partial charge in [-0.2, -0.15) is 0 Å². The predicted octanol–water partition coefficient (Wildman–Crippen LogP) is 1.01. The second-order valence-corrected chi connectivity index (χ2v) is 3.49. The summed E-state index contributed by atoms with van der Waals surface area (Å²) in [5.41, 5.74) is -0.535. The average Bonchev–Trinajstić information content (AvgIpc) is 1.82. The van der Waals surface area contributed by atoms with Crippen LogP contribution in [-0.2, 0) is 9.53 Å². The van der Waals surface area contributed by atoms with Crippen LogP contribution in [0.5, 0.6) is 0 Å². The van der Waals surface area contributed by atoms with Crippen LogP contribution in [0.4, 0.5) is 4.79 Å². The molecule has 4 nitrogen and oxygen atoms in total. The van der Waals surface area contributed by atoms with Gasteiger partial charge in [-0.15, -0.1) is 0 Å². The van der Waals surface area contributed by atoms with E-state index in [9.17, 15) is 9.59 Å². The molecule has 0 spiro atoms. The van der Waals surface area contributed by atoms with Gasteiger partial charge in [-0.25, -0.2) is 4.79 Å². The molecule has 0 aliphatic heterocycles. The Morgan fingerprint density at radius 3 is 2.33 bits per heavy atom. The van der Waals surface area contributed by atoms with Gasteiger partial charge >= 0.3 is 6.09 Å². The Morgan fingerprint density at radius 1 is 1.50 bits per heavy atom. The van der Waals surface area contributed by atoms with E-state index in [0.29, 0.717) is 0 Å². The number of hydrogen-bond acceptors (Lipinski definition) is 3. The molecule has 0 aliphatic carbocycles. The number of carbonyl (C=O) groups is 1. The zero-order valence-corrected chi connectivity index (χ0v) is 7.80. The smallest absolute Gasteiger partial charge is 0.408 e. The van der Waals surface area contributed by atoms with Crippen molar-refractivity contribution in [3.63, 3.8) is 0 Å². The fourth-order valence-corrected chi connectivity index (χ4v) is 0.514. The number of hydrogen-bond donors (Lipinski definition) is 1. The van der Waals surface area contributed by atoms with Gasteiger partial charge in [0.15, 0.2) is 0 Å². The summed E-state index contributed by atoms with van der Waals surface area (Å²) in [6.07, 6.45) is 1.02. The molecule has 1 atom stereocenters. The van der Waals surface area contributed by atoms with Crippen molar-refractivity contribution < 1.29 is 14.3 Å². The molecule has 0 rings (SSSR count). The molecule has 0 saturated heterocycles. The van der Waals surface area contributed by atoms with E-state index in [0.717, 1.165) is 0 Å². The molecular weight excluding hydrogens is 158 g/mol. The van der Waals surface area contributed by atoms with E-state index in [1.54, 1.807) is 27.1 Å². The van der Waals surface area contributed by atoms with Gasteiger partial charge in [-0.3, -0.25) is 4.79 Å². The molecule has 12 heavy (non-hydrogen) atoms. The first-order chi connectivity index (χ1) is 5.35. The van der Waals surface area contributed by atoms with Gasteiger partial charge in [0.2, 0.25) is 6.29 Å². The first-order valence-electron chi connectivity index (χ1n) is 3.72. The minimum absolute atomic E-state index is 0.535. The maximum atomic E-state index is 10.9. The van der Waals surface area contributed by atoms with Gasteiger partial charge < -0.3 is 10.1 Å². The molecule has 0 unspecified atom stereocenters. The van der Waals surface area contributed by atoms with Crippen molar-refractivity contribution in [2.45, 2.75) is 39.3 Å². The topological polar surface area (TPSA) is 55.4 Å². The van der Waals surface area contributed by atoms with Gasteiger partial charge in [0.05, 0.1) is 6.04 Å². The molecule has 4 heteroatoms. The summed E-state index contributed by atoms with van der Waals surface area (Å²) < 4.78 is 4.88. The van der Waals surface area contributed by atoms with Gasteiger partial charge in [0, 0.05) is 0 Å². The van der Waals surface area contributed by atoms with Crippen molar-refractivity contribution in [3.8, 4) is 0 Å². The van der Waals surface area contributed by atoms with E-state index in [1.807, 2.05) is 0 Å². The van der Waals surface area contributed by atoms with Gasteiger partial charge in [-0.1, -0.05) is 0 Å². The van der Waals surface area contributed by atoms with E-state index < -0.39 is 17.7 Å². The molecule has 0 aliphatic rings. The largest absolute Gasteiger partial charge is 0.444 e. The highest BCUT2D eigenvalue weighted by molar-refractivity contribution is 5.73. The molecule has 0 heterocycles. The summed E-state index contributed by atoms with van der Waals surface area (Å²) in [5.74, 6) is 0. The molecule has 1 N–H and O–H groups in total. The van der Waals surface area contributed by atoms with E-state index in [2.05, 4.69) is 5.32 Å². The lowest BCUT2D eigenvalue weighted by atomic mass is 10.2. The maximum absolute atomic E-state index is 10.9. The summed E-state index contributed by atoms with van der Waals surface area (Å²) in [6.45, 7) is 6.78. The second kappa shape index (κ2) is 4.09. The van der Waals surface area contributed by atoms with Crippen LogP contribution >= 0.6 is 0 Å². The van der Waals surface area contributed by atoms with E-state index in [4.69, 9.17) is 4.74 Å². The standard InChI is InChI=1S/C8H14NO3/c1-6(5-10)9-7(11)12-8(2,3)4/h6H,1-4H3,(H,9,11)/t6-/m0/s1. The lowest BCUT2D eigenvalue weighted by Crippen LogP contribution is -2.38. The van der Waals surface area contributed by atoms with Crippen LogP contribution in [0.25, 0.3) is 0 Å². The van der Waals surface area contributed by atoms with Crippen LogP contribution in [-0.4, -0.2) is 24.0 Å². The number of alkyl carbamates (subject to hydrolysis) is 1. The lowest BCUT2D eigenvalue weighted by molar-refractivity contribution is 0.0520. The Bertz CT molecular complexity index is 172. The molecule has 69 valence electrons. The summed E-state index contributed by atoms with van der Waals surface area (Å²) in [4.78, 5) is 20.9. The summed E-state index contributed by atoms with van der Waals surface area (Å²) >= 11 is 0. The Kier molecular flexibility index (Phi) is 3.73. The van der Waals surface area contributed by atoms with Gasteiger partial charge in [-0.05, 0) is 27.7 Å². The van der Waals surface area contributed by atoms with Crippen LogP contribution in [0.1, 0.15) is 27.7 Å². The first kappa shape index (κ1) is 10.9. The van der Waals surface area contributed by atoms with Crippen molar-refractivity contribution in [1.82, 2.24) is 5.32 Å². The third-order valence-electron chi connectivity index (χ3n) is 0.910. The molecule has 1 amide bonds. The summed E-state index contributed by atoms with van der Waals surface area (Å²) in [7, 11) is 0. The zero-order valence-electron chi connectivity index (χ0n) is 7.80. The molecule has 0 aromatic carbocycles. The fourth-order valence-electron chi connectivity index (χ4n) is 0.514. The van der Waals surface area contributed by atoms with Crippen molar-refractivity contribution >= 4 is 12.4 Å². The number of carbonyl (C=O) groups excluding carboxylic acids is 2. The van der Waals surface area contributed by atoms with Gasteiger partial charge in [0.25, 0.3) is 0 Å². The fraction of sp³-hybridized carbons (Fsp3) is 0.750. The monoisotopic (exact) mass is 172 g/mol. The van der Waals surface area contributed by atoms with E-state index >= 15 is 0 Å². The number of amides is 1. The minimum atomic E-state index is -0.625. The summed E-state index contributed by atoms with van der Waals surface area (Å²) in [5, 5.41) is 2.30. The van der Waals surface area contributed by atoms with Crippen molar-refractivity contribution in [2.75, 3.05) is 0 Å². The molecule has 0 bridgehead atoms. The van der Waals surface area contributed by atoms with Crippen molar-refractivity contribution in [1.29, 1.82) is 0 Å². The Hall–Kier alpha value is -1.06. The van der Waals surface area contributed by atoms with Crippen LogP contribution in [0, 0.1) is 0 Å². The third-order valence-corrected chi connectivity index (χ3v) is 0.910.